The number of alkyl halides is 3. The molecule has 1 amide bonds. The fourth-order valence-electron chi connectivity index (χ4n) is 7.61. The standard InChI is InChI=1S/C46H48BrF3N6O/c47-42-13-5-4-12-39(42)33-43(45(57)55-27-25-52(26-28-55)34-37-9-2-1-3-10-37)56(24-8-11-36-15-19-40(20-16-36)46(48,49)50)35-38-17-21-41(22-18-38)53-29-31-54(32-30-53)44-14-6-7-23-51-44/h1-23,43H,24-35H2/b11-8+/t43-/m0/s1. The topological polar surface area (TPSA) is 46.2 Å². The van der Waals surface area contributed by atoms with Gasteiger partial charge in [0.15, 0.2) is 0 Å². The Morgan fingerprint density at radius 3 is 2.07 bits per heavy atom. The van der Waals surface area contributed by atoms with E-state index in [9.17, 15) is 18.0 Å². The zero-order chi connectivity index (χ0) is 39.6. The molecule has 7 rings (SSSR count). The Morgan fingerprint density at radius 1 is 0.737 bits per heavy atom. The smallest absolute Gasteiger partial charge is 0.368 e. The van der Waals surface area contributed by atoms with Crippen LogP contribution < -0.4 is 9.80 Å². The maximum absolute atomic E-state index is 14.8. The molecular weight excluding hydrogens is 789 g/mol. The van der Waals surface area contributed by atoms with Gasteiger partial charge in [0.2, 0.25) is 5.91 Å². The van der Waals surface area contributed by atoms with Crippen LogP contribution in [0.5, 0.6) is 0 Å². The summed E-state index contributed by atoms with van der Waals surface area (Å²) in [5.41, 5.74) is 4.51. The normalized spacial score (nSPS) is 16.1. The molecule has 1 aromatic heterocycles. The lowest BCUT2D eigenvalue weighted by Crippen LogP contribution is -2.55. The largest absolute Gasteiger partial charge is 0.416 e. The molecule has 1 atom stereocenters. The maximum Gasteiger partial charge on any atom is 0.416 e. The van der Waals surface area contributed by atoms with Gasteiger partial charge in [0, 0.05) is 88.3 Å². The molecule has 2 aliphatic rings. The highest BCUT2D eigenvalue weighted by molar-refractivity contribution is 9.10. The van der Waals surface area contributed by atoms with Gasteiger partial charge in [-0.25, -0.2) is 4.98 Å². The molecule has 3 heterocycles. The number of carbonyl (C=O) groups excluding carboxylic acids is 1. The lowest BCUT2D eigenvalue weighted by atomic mass is 10.0. The molecule has 0 aliphatic carbocycles. The van der Waals surface area contributed by atoms with Gasteiger partial charge < -0.3 is 14.7 Å². The summed E-state index contributed by atoms with van der Waals surface area (Å²) in [6.45, 7) is 8.17. The van der Waals surface area contributed by atoms with Crippen LogP contribution in [0, 0.1) is 0 Å². The average molecular weight is 838 g/mol. The molecular formula is C46H48BrF3N6O. The van der Waals surface area contributed by atoms with Gasteiger partial charge in [0.05, 0.1) is 11.6 Å². The minimum Gasteiger partial charge on any atom is -0.368 e. The summed E-state index contributed by atoms with van der Waals surface area (Å²) >= 11 is 3.74. The van der Waals surface area contributed by atoms with Crippen molar-refractivity contribution in [2.45, 2.75) is 31.7 Å². The Balaban J connectivity index is 1.11. The Morgan fingerprint density at radius 2 is 1.40 bits per heavy atom. The van der Waals surface area contributed by atoms with Crippen molar-refractivity contribution in [2.75, 3.05) is 68.7 Å². The molecule has 0 radical (unpaired) electrons. The van der Waals surface area contributed by atoms with Gasteiger partial charge in [-0.15, -0.1) is 0 Å². The Kier molecular flexibility index (Phi) is 13.4. The number of aromatic nitrogens is 1. The van der Waals surface area contributed by atoms with E-state index >= 15 is 0 Å². The maximum atomic E-state index is 14.8. The van der Waals surface area contributed by atoms with Gasteiger partial charge in [-0.1, -0.05) is 107 Å². The number of halogens is 4. The molecule has 296 valence electrons. The second-order valence-electron chi connectivity index (χ2n) is 14.7. The SMILES string of the molecule is O=C([C@H](Cc1ccccc1Br)N(C/C=C/c1ccc(C(F)(F)F)cc1)Cc1ccc(N2CCN(c3ccccn3)CC2)cc1)N1CCN(Cc2ccccc2)CC1. The van der Waals surface area contributed by atoms with Crippen LogP contribution in [-0.4, -0.2) is 90.5 Å². The monoisotopic (exact) mass is 836 g/mol. The van der Waals surface area contributed by atoms with E-state index in [1.807, 2.05) is 59.6 Å². The first-order chi connectivity index (χ1) is 27.7. The number of benzene rings is 4. The van der Waals surface area contributed by atoms with E-state index in [0.717, 1.165) is 85.1 Å². The Hall–Kier alpha value is -4.97. The minimum atomic E-state index is -4.39. The van der Waals surface area contributed by atoms with Crippen molar-refractivity contribution in [3.63, 3.8) is 0 Å². The number of amides is 1. The molecule has 2 saturated heterocycles. The molecule has 0 bridgehead atoms. The highest BCUT2D eigenvalue weighted by Gasteiger charge is 2.33. The van der Waals surface area contributed by atoms with Crippen molar-refractivity contribution in [1.29, 1.82) is 0 Å². The van der Waals surface area contributed by atoms with E-state index in [-0.39, 0.29) is 5.91 Å². The van der Waals surface area contributed by atoms with Gasteiger partial charge in [-0.3, -0.25) is 14.6 Å². The third-order valence-electron chi connectivity index (χ3n) is 10.9. The summed E-state index contributed by atoms with van der Waals surface area (Å²) in [5, 5.41) is 0. The fourth-order valence-corrected chi connectivity index (χ4v) is 8.06. The van der Waals surface area contributed by atoms with Gasteiger partial charge in [-0.2, -0.15) is 13.2 Å². The molecule has 5 aromatic rings. The van der Waals surface area contributed by atoms with Crippen LogP contribution >= 0.6 is 15.9 Å². The molecule has 2 fully saturated rings. The lowest BCUT2D eigenvalue weighted by Gasteiger charge is -2.39. The molecule has 0 N–H and O–H groups in total. The third kappa shape index (κ3) is 10.9. The van der Waals surface area contributed by atoms with Gasteiger partial charge in [-0.05, 0) is 71.1 Å². The highest BCUT2D eigenvalue weighted by atomic mass is 79.9. The average Bonchev–Trinajstić information content (AvgIpc) is 3.24. The van der Waals surface area contributed by atoms with Gasteiger partial charge in [0.1, 0.15) is 5.82 Å². The number of hydrogen-bond donors (Lipinski definition) is 0. The van der Waals surface area contributed by atoms with Crippen molar-refractivity contribution < 1.29 is 18.0 Å². The number of carbonyl (C=O) groups is 1. The van der Waals surface area contributed by atoms with Crippen molar-refractivity contribution >= 4 is 39.4 Å². The van der Waals surface area contributed by atoms with E-state index in [2.05, 4.69) is 101 Å². The Bertz CT molecular complexity index is 2050. The van der Waals surface area contributed by atoms with Crippen LogP contribution in [0.4, 0.5) is 24.7 Å². The summed E-state index contributed by atoms with van der Waals surface area (Å²) in [6.07, 6.45) is 1.73. The van der Waals surface area contributed by atoms with E-state index < -0.39 is 17.8 Å². The zero-order valence-corrected chi connectivity index (χ0v) is 33.5. The number of anilines is 2. The van der Waals surface area contributed by atoms with Crippen molar-refractivity contribution in [1.82, 2.24) is 19.7 Å². The predicted molar refractivity (Wildman–Crippen MR) is 226 cm³/mol. The highest BCUT2D eigenvalue weighted by Crippen LogP contribution is 2.30. The predicted octanol–water partition coefficient (Wildman–Crippen LogP) is 8.66. The van der Waals surface area contributed by atoms with E-state index in [1.165, 1.54) is 17.7 Å². The van der Waals surface area contributed by atoms with Crippen LogP contribution in [0.1, 0.15) is 27.8 Å². The van der Waals surface area contributed by atoms with Crippen LogP contribution in [-0.2, 0) is 30.5 Å². The van der Waals surface area contributed by atoms with Crippen LogP contribution in [0.3, 0.4) is 0 Å². The second kappa shape index (κ2) is 19.0. The summed E-state index contributed by atoms with van der Waals surface area (Å²) in [6, 6.07) is 37.8. The van der Waals surface area contributed by atoms with Gasteiger partial charge >= 0.3 is 6.18 Å². The lowest BCUT2D eigenvalue weighted by molar-refractivity contribution is -0.139. The number of pyridine rings is 1. The number of piperazine rings is 2. The molecule has 7 nitrogen and oxygen atoms in total. The first-order valence-electron chi connectivity index (χ1n) is 19.6. The van der Waals surface area contributed by atoms with Gasteiger partial charge in [0.25, 0.3) is 0 Å². The fraction of sp³-hybridized carbons (Fsp3) is 0.304. The zero-order valence-electron chi connectivity index (χ0n) is 31.9. The second-order valence-corrected chi connectivity index (χ2v) is 15.5. The first-order valence-corrected chi connectivity index (χ1v) is 20.3. The summed E-state index contributed by atoms with van der Waals surface area (Å²) < 4.78 is 40.7. The summed E-state index contributed by atoms with van der Waals surface area (Å²) in [7, 11) is 0. The van der Waals surface area contributed by atoms with Crippen LogP contribution in [0.15, 0.2) is 138 Å². The van der Waals surface area contributed by atoms with E-state index in [4.69, 9.17) is 0 Å². The molecule has 57 heavy (non-hydrogen) atoms. The Labute approximate surface area is 342 Å². The number of rotatable bonds is 13. The molecule has 0 unspecified atom stereocenters. The molecule has 0 spiro atoms. The quantitative estimate of drug-likeness (QED) is 0.118. The van der Waals surface area contributed by atoms with Crippen molar-refractivity contribution in [2.24, 2.45) is 0 Å². The van der Waals surface area contributed by atoms with E-state index in [0.29, 0.717) is 38.2 Å². The molecule has 0 saturated carbocycles. The van der Waals surface area contributed by atoms with Crippen LogP contribution in [0.2, 0.25) is 0 Å². The molecule has 2 aliphatic heterocycles. The molecule has 11 heteroatoms. The van der Waals surface area contributed by atoms with Crippen molar-refractivity contribution in [3.05, 3.63) is 166 Å². The third-order valence-corrected chi connectivity index (χ3v) is 11.6. The van der Waals surface area contributed by atoms with E-state index in [1.54, 1.807) is 0 Å². The van der Waals surface area contributed by atoms with Crippen molar-refractivity contribution in [3.8, 4) is 0 Å². The summed E-state index contributed by atoms with van der Waals surface area (Å²) in [5.74, 6) is 1.08. The molecule has 4 aromatic carbocycles. The minimum absolute atomic E-state index is 0.0791. The number of hydrogen-bond acceptors (Lipinski definition) is 6. The number of nitrogens with zero attached hydrogens (tertiary/aromatic N) is 6. The van der Waals surface area contributed by atoms with Crippen LogP contribution in [0.25, 0.3) is 6.08 Å². The summed E-state index contributed by atoms with van der Waals surface area (Å²) in [4.78, 5) is 30.6. The first kappa shape index (κ1) is 40.2.